The van der Waals surface area contributed by atoms with Crippen LogP contribution in [0.1, 0.15) is 0 Å². The number of thioether (sulfide) groups is 1. The summed E-state index contributed by atoms with van der Waals surface area (Å²) in [7, 11) is 0. The number of carbonyl (C=O) groups excluding carboxylic acids is 2. The Labute approximate surface area is 50.0 Å². The Morgan fingerprint density at radius 3 is 2.38 bits per heavy atom. The maximum Gasteiger partial charge on any atom is 0.371 e. The molecule has 1 fully saturated rings. The van der Waals surface area contributed by atoms with E-state index in [9.17, 15) is 9.59 Å². The number of rotatable bonds is 0. The summed E-state index contributed by atoms with van der Waals surface area (Å²) in [6.07, 6.45) is 0. The molecular weight excluding hydrogens is 128 g/mol. The Balaban J connectivity index is 2.70. The highest BCUT2D eigenvalue weighted by Gasteiger charge is 2.28. The van der Waals surface area contributed by atoms with Crippen molar-refractivity contribution in [3.8, 4) is 0 Å². The Kier molecular flexibility index (Phi) is 1.33. The van der Waals surface area contributed by atoms with Gasteiger partial charge in [-0.1, -0.05) is 0 Å². The smallest absolute Gasteiger partial charge is 0.371 e. The molecule has 0 aliphatic carbocycles. The zero-order valence-corrected chi connectivity index (χ0v) is 4.75. The summed E-state index contributed by atoms with van der Waals surface area (Å²) in [6, 6.07) is 0. The summed E-state index contributed by atoms with van der Waals surface area (Å²) in [5, 5.41) is -0.745. The minimum atomic E-state index is -0.394. The van der Waals surface area contributed by atoms with Gasteiger partial charge in [0.1, 0.15) is 5.75 Å². The van der Waals surface area contributed by atoms with Gasteiger partial charge in [-0.05, 0) is 11.8 Å². The standard InChI is InChI=1S/C3H4N2O2S/c4-5-2(6)1-8-3(5)7/h4-5H,1H2. The Morgan fingerprint density at radius 2 is 2.25 bits per heavy atom. The van der Waals surface area contributed by atoms with Crippen LogP contribution in [0.15, 0.2) is 0 Å². The van der Waals surface area contributed by atoms with E-state index < -0.39 is 5.24 Å². The molecule has 1 saturated heterocycles. The van der Waals surface area contributed by atoms with Gasteiger partial charge in [0.25, 0.3) is 0 Å². The van der Waals surface area contributed by atoms with E-state index in [0.717, 1.165) is 11.8 Å². The maximum atomic E-state index is 10.3. The van der Waals surface area contributed by atoms with Crippen molar-refractivity contribution in [2.24, 2.45) is 0 Å². The molecule has 1 aliphatic heterocycles. The normalized spacial score (nSPS) is 29.4. The number of carbonyl (C=O) groups is 2. The van der Waals surface area contributed by atoms with Gasteiger partial charge < -0.3 is 5.84 Å². The molecule has 0 radical (unpaired) electrons. The zero-order chi connectivity index (χ0) is 6.15. The largest absolute Gasteiger partial charge is 0.453 e. The van der Waals surface area contributed by atoms with Crippen LogP contribution in [-0.4, -0.2) is 16.9 Å². The van der Waals surface area contributed by atoms with Crippen LogP contribution in [-0.2, 0) is 4.79 Å². The first-order valence-corrected chi connectivity index (χ1v) is 2.99. The van der Waals surface area contributed by atoms with Gasteiger partial charge in [0.2, 0.25) is 0 Å². The molecule has 1 rings (SSSR count). The van der Waals surface area contributed by atoms with Crippen molar-refractivity contribution in [1.29, 1.82) is 0 Å². The van der Waals surface area contributed by atoms with Gasteiger partial charge in [-0.15, -0.1) is 0 Å². The first kappa shape index (κ1) is 5.74. The fourth-order valence-corrected chi connectivity index (χ4v) is 1.05. The molecule has 44 valence electrons. The van der Waals surface area contributed by atoms with E-state index in [-0.39, 0.29) is 16.7 Å². The van der Waals surface area contributed by atoms with Crippen LogP contribution in [0.5, 0.6) is 0 Å². The number of nitrogens with one attached hydrogen (secondary N) is 2. The second kappa shape index (κ2) is 1.85. The fourth-order valence-electron chi connectivity index (χ4n) is 0.389. The fraction of sp³-hybridized carbons (Fsp3) is 0.333. The van der Waals surface area contributed by atoms with Gasteiger partial charge in [0.15, 0.2) is 0 Å². The van der Waals surface area contributed by atoms with Crippen molar-refractivity contribution >= 4 is 22.9 Å². The predicted octanol–water partition coefficient (Wildman–Crippen LogP) is -0.768. The van der Waals surface area contributed by atoms with Gasteiger partial charge in [0.05, 0.1) is 0 Å². The summed E-state index contributed by atoms with van der Waals surface area (Å²) in [5.41, 5.74) is 0. The van der Waals surface area contributed by atoms with Crippen LogP contribution in [0.3, 0.4) is 0 Å². The first-order valence-electron chi connectivity index (χ1n) is 2.00. The molecule has 0 aromatic rings. The average molecular weight is 132 g/mol. The zero-order valence-electron chi connectivity index (χ0n) is 3.93. The van der Waals surface area contributed by atoms with Gasteiger partial charge >= 0.3 is 11.1 Å². The highest BCUT2D eigenvalue weighted by Crippen LogP contribution is 2.02. The summed E-state index contributed by atoms with van der Waals surface area (Å²) in [4.78, 5) is 20.6. The van der Waals surface area contributed by atoms with Crippen LogP contribution >= 0.6 is 11.8 Å². The predicted molar refractivity (Wildman–Crippen MR) is 28.1 cm³/mol. The van der Waals surface area contributed by atoms with E-state index in [2.05, 4.69) is 0 Å². The van der Waals surface area contributed by atoms with Crippen LogP contribution in [0.2, 0.25) is 0 Å². The summed E-state index contributed by atoms with van der Waals surface area (Å²) in [5.74, 6) is 6.56. The molecule has 0 saturated carbocycles. The summed E-state index contributed by atoms with van der Waals surface area (Å²) < 4.78 is 0. The second-order valence-electron chi connectivity index (χ2n) is 1.37. The molecule has 0 aromatic carbocycles. The van der Waals surface area contributed by atoms with Gasteiger partial charge in [-0.25, -0.2) is 9.59 Å². The van der Waals surface area contributed by atoms with E-state index in [1.54, 1.807) is 0 Å². The highest BCUT2D eigenvalue weighted by atomic mass is 32.2. The lowest BCUT2D eigenvalue weighted by molar-refractivity contribution is -0.659. The maximum absolute atomic E-state index is 10.3. The van der Waals surface area contributed by atoms with Crippen LogP contribution < -0.4 is 5.01 Å². The van der Waals surface area contributed by atoms with E-state index in [1.165, 1.54) is 0 Å². The minimum absolute atomic E-state index is 0.164. The van der Waals surface area contributed by atoms with Gasteiger partial charge in [-0.2, -0.15) is 0 Å². The molecule has 8 heavy (non-hydrogen) atoms. The number of amides is 2. The average Bonchev–Trinajstić information content (AvgIpc) is 1.98. The molecule has 0 bridgehead atoms. The quantitative estimate of drug-likeness (QED) is 0.471. The lowest BCUT2D eigenvalue weighted by atomic mass is 10.7. The minimum Gasteiger partial charge on any atom is -0.453 e. The molecule has 2 N–H and O–H groups in total. The van der Waals surface area contributed by atoms with Crippen LogP contribution in [0, 0.1) is 0 Å². The molecule has 4 nitrogen and oxygen atoms in total. The van der Waals surface area contributed by atoms with Crippen LogP contribution in [0.25, 0.3) is 5.84 Å². The third kappa shape index (κ3) is 0.750. The lowest BCUT2D eigenvalue weighted by Crippen LogP contribution is -3.08. The van der Waals surface area contributed by atoms with E-state index >= 15 is 0 Å². The van der Waals surface area contributed by atoms with Crippen molar-refractivity contribution < 1.29 is 14.6 Å². The molecule has 5 heteroatoms. The molecule has 0 aromatic heterocycles. The van der Waals surface area contributed by atoms with Crippen LogP contribution in [0.4, 0.5) is 4.79 Å². The SMILES string of the molecule is [NH-][NH+]1C(=O)CSC1=O. The molecule has 1 unspecified atom stereocenters. The number of imide groups is 1. The van der Waals surface area contributed by atoms with Gasteiger partial charge in [0, 0.05) is 0 Å². The third-order valence-electron chi connectivity index (χ3n) is 0.817. The Hall–Kier alpha value is -0.390. The van der Waals surface area contributed by atoms with E-state index in [1.807, 2.05) is 0 Å². The monoisotopic (exact) mass is 132 g/mol. The molecule has 1 aliphatic rings. The van der Waals surface area contributed by atoms with Crippen molar-refractivity contribution in [1.82, 2.24) is 0 Å². The van der Waals surface area contributed by atoms with E-state index in [0.29, 0.717) is 0 Å². The molecule has 1 atom stereocenters. The highest BCUT2D eigenvalue weighted by molar-refractivity contribution is 8.14. The molecular formula is C3H4N2O2S. The molecule has 0 spiro atoms. The molecule has 2 amide bonds. The number of hydrogen-bond acceptors (Lipinski definition) is 3. The first-order chi connectivity index (χ1) is 3.72. The van der Waals surface area contributed by atoms with Crippen molar-refractivity contribution in [2.45, 2.75) is 0 Å². The summed E-state index contributed by atoms with van der Waals surface area (Å²) >= 11 is 0.900. The van der Waals surface area contributed by atoms with E-state index in [4.69, 9.17) is 5.84 Å². The molecule has 1 heterocycles. The topological polar surface area (TPSA) is 62.4 Å². The van der Waals surface area contributed by atoms with Crippen molar-refractivity contribution in [3.63, 3.8) is 0 Å². The van der Waals surface area contributed by atoms with Gasteiger partial charge in [-0.3, -0.25) is 5.01 Å². The van der Waals surface area contributed by atoms with Crippen molar-refractivity contribution in [2.75, 3.05) is 5.75 Å². The lowest BCUT2D eigenvalue weighted by Gasteiger charge is -2.03. The van der Waals surface area contributed by atoms with Crippen molar-refractivity contribution in [3.05, 3.63) is 5.84 Å². The number of quaternary nitrogens is 1. The number of hydrogen-bond donors (Lipinski definition) is 1. The summed E-state index contributed by atoms with van der Waals surface area (Å²) in [6.45, 7) is 0. The third-order valence-corrected chi connectivity index (χ3v) is 1.69. The second-order valence-corrected chi connectivity index (χ2v) is 2.32. The Bertz CT molecular complexity index is 130. The Morgan fingerprint density at radius 1 is 1.62 bits per heavy atom.